The van der Waals surface area contributed by atoms with E-state index in [-0.39, 0.29) is 5.91 Å². The third kappa shape index (κ3) is 2.63. The SMILES string of the molecule is C=C1CCc2cc(C(=O)N3CCN(C)CC3)ccc2C1. The minimum Gasteiger partial charge on any atom is -0.336 e. The lowest BCUT2D eigenvalue weighted by molar-refractivity contribution is 0.0664. The molecule has 3 heteroatoms. The van der Waals surface area contributed by atoms with Crippen LogP contribution in [0.5, 0.6) is 0 Å². The van der Waals surface area contributed by atoms with Gasteiger partial charge in [-0.2, -0.15) is 0 Å². The Morgan fingerprint density at radius 3 is 2.60 bits per heavy atom. The Kier molecular flexibility index (Phi) is 3.62. The normalized spacial score (nSPS) is 19.9. The Morgan fingerprint density at radius 2 is 1.85 bits per heavy atom. The Balaban J connectivity index is 1.77. The molecule has 1 heterocycles. The summed E-state index contributed by atoms with van der Waals surface area (Å²) in [5.41, 5.74) is 4.82. The predicted octanol–water partition coefficient (Wildman–Crippen LogP) is 2.12. The topological polar surface area (TPSA) is 23.6 Å². The van der Waals surface area contributed by atoms with Gasteiger partial charge in [0.25, 0.3) is 5.91 Å². The van der Waals surface area contributed by atoms with Crippen molar-refractivity contribution in [3.63, 3.8) is 0 Å². The molecular formula is C17H22N2O. The molecule has 1 aromatic carbocycles. The van der Waals surface area contributed by atoms with Gasteiger partial charge in [-0.15, -0.1) is 0 Å². The van der Waals surface area contributed by atoms with Crippen LogP contribution in [0.1, 0.15) is 27.9 Å². The van der Waals surface area contributed by atoms with Gasteiger partial charge in [-0.05, 0) is 49.6 Å². The summed E-state index contributed by atoms with van der Waals surface area (Å²) in [5, 5.41) is 0. The first-order chi connectivity index (χ1) is 9.63. The molecule has 20 heavy (non-hydrogen) atoms. The van der Waals surface area contributed by atoms with Crippen molar-refractivity contribution in [2.45, 2.75) is 19.3 Å². The molecule has 0 aromatic heterocycles. The van der Waals surface area contributed by atoms with E-state index in [4.69, 9.17) is 0 Å². The van der Waals surface area contributed by atoms with Gasteiger partial charge in [-0.25, -0.2) is 0 Å². The van der Waals surface area contributed by atoms with Crippen molar-refractivity contribution in [1.29, 1.82) is 0 Å². The van der Waals surface area contributed by atoms with Crippen molar-refractivity contribution < 1.29 is 4.79 Å². The molecule has 0 N–H and O–H groups in total. The molecule has 3 rings (SSSR count). The molecule has 0 unspecified atom stereocenters. The van der Waals surface area contributed by atoms with Crippen LogP contribution < -0.4 is 0 Å². The number of fused-ring (bicyclic) bond motifs is 1. The fourth-order valence-corrected chi connectivity index (χ4v) is 3.03. The van der Waals surface area contributed by atoms with Crippen LogP contribution in [0.4, 0.5) is 0 Å². The number of hydrogen-bond donors (Lipinski definition) is 0. The first-order valence-corrected chi connectivity index (χ1v) is 7.40. The van der Waals surface area contributed by atoms with Gasteiger partial charge in [0.05, 0.1) is 0 Å². The zero-order valence-corrected chi connectivity index (χ0v) is 12.2. The molecule has 106 valence electrons. The van der Waals surface area contributed by atoms with Crippen molar-refractivity contribution in [2.75, 3.05) is 33.2 Å². The largest absolute Gasteiger partial charge is 0.336 e. The van der Waals surface area contributed by atoms with Crippen LogP contribution in [0, 0.1) is 0 Å². The first-order valence-electron chi connectivity index (χ1n) is 7.40. The summed E-state index contributed by atoms with van der Waals surface area (Å²) in [5.74, 6) is 0.185. The van der Waals surface area contributed by atoms with Gasteiger partial charge in [0.2, 0.25) is 0 Å². The Labute approximate surface area is 120 Å². The highest BCUT2D eigenvalue weighted by Crippen LogP contribution is 2.25. The van der Waals surface area contributed by atoms with Crippen molar-refractivity contribution in [3.05, 3.63) is 47.0 Å². The Morgan fingerprint density at radius 1 is 1.10 bits per heavy atom. The molecule has 0 radical (unpaired) electrons. The second kappa shape index (κ2) is 5.41. The van der Waals surface area contributed by atoms with Gasteiger partial charge in [0.1, 0.15) is 0 Å². The molecule has 0 atom stereocenters. The Bertz CT molecular complexity index is 542. The number of benzene rings is 1. The maximum absolute atomic E-state index is 12.5. The second-order valence-electron chi connectivity index (χ2n) is 6.01. The van der Waals surface area contributed by atoms with E-state index >= 15 is 0 Å². The number of hydrogen-bond acceptors (Lipinski definition) is 2. The van der Waals surface area contributed by atoms with Crippen molar-refractivity contribution in [2.24, 2.45) is 0 Å². The van der Waals surface area contributed by atoms with E-state index < -0.39 is 0 Å². The smallest absolute Gasteiger partial charge is 0.253 e. The van der Waals surface area contributed by atoms with E-state index in [1.54, 1.807) is 0 Å². The highest BCUT2D eigenvalue weighted by atomic mass is 16.2. The second-order valence-corrected chi connectivity index (χ2v) is 6.01. The summed E-state index contributed by atoms with van der Waals surface area (Å²) in [6.45, 7) is 7.68. The van der Waals surface area contributed by atoms with Crippen molar-refractivity contribution in [1.82, 2.24) is 9.80 Å². The van der Waals surface area contributed by atoms with E-state index in [2.05, 4.69) is 30.7 Å². The van der Waals surface area contributed by atoms with Gasteiger partial charge in [-0.3, -0.25) is 4.79 Å². The Hall–Kier alpha value is -1.61. The first kappa shape index (κ1) is 13.4. The lowest BCUT2D eigenvalue weighted by Gasteiger charge is -2.32. The fourth-order valence-electron chi connectivity index (χ4n) is 3.03. The molecular weight excluding hydrogens is 248 g/mol. The summed E-state index contributed by atoms with van der Waals surface area (Å²) in [4.78, 5) is 16.8. The summed E-state index contributed by atoms with van der Waals surface area (Å²) < 4.78 is 0. The third-order valence-electron chi connectivity index (χ3n) is 4.43. The van der Waals surface area contributed by atoms with E-state index in [1.807, 2.05) is 11.0 Å². The lowest BCUT2D eigenvalue weighted by atomic mass is 9.87. The number of rotatable bonds is 1. The van der Waals surface area contributed by atoms with Gasteiger partial charge < -0.3 is 9.80 Å². The van der Waals surface area contributed by atoms with Crippen molar-refractivity contribution in [3.8, 4) is 0 Å². The maximum atomic E-state index is 12.5. The minimum absolute atomic E-state index is 0.185. The van der Waals surface area contributed by atoms with Crippen LogP contribution in [-0.2, 0) is 12.8 Å². The molecule has 1 saturated heterocycles. The molecule has 1 aromatic rings. The maximum Gasteiger partial charge on any atom is 0.253 e. The van der Waals surface area contributed by atoms with Crippen LogP contribution in [0.3, 0.4) is 0 Å². The molecule has 3 nitrogen and oxygen atoms in total. The van der Waals surface area contributed by atoms with Crippen LogP contribution in [-0.4, -0.2) is 48.9 Å². The van der Waals surface area contributed by atoms with Gasteiger partial charge in [0.15, 0.2) is 0 Å². The van der Waals surface area contributed by atoms with Crippen LogP contribution in [0.25, 0.3) is 0 Å². The minimum atomic E-state index is 0.185. The quantitative estimate of drug-likeness (QED) is 0.730. The lowest BCUT2D eigenvalue weighted by Crippen LogP contribution is -2.47. The average Bonchev–Trinajstić information content (AvgIpc) is 2.47. The fraction of sp³-hybridized carbons (Fsp3) is 0.471. The molecule has 0 saturated carbocycles. The number of amides is 1. The number of allylic oxidation sites excluding steroid dienone is 1. The summed E-state index contributed by atoms with van der Waals surface area (Å²) in [6.07, 6.45) is 3.05. The molecule has 2 aliphatic rings. The summed E-state index contributed by atoms with van der Waals surface area (Å²) in [7, 11) is 2.10. The van der Waals surface area contributed by atoms with E-state index in [0.29, 0.717) is 0 Å². The molecule has 1 aliphatic carbocycles. The molecule has 0 spiro atoms. The molecule has 1 fully saturated rings. The third-order valence-corrected chi connectivity index (χ3v) is 4.43. The van der Waals surface area contributed by atoms with E-state index in [0.717, 1.165) is 51.0 Å². The van der Waals surface area contributed by atoms with Gasteiger partial charge in [-0.1, -0.05) is 18.2 Å². The zero-order chi connectivity index (χ0) is 14.1. The van der Waals surface area contributed by atoms with Crippen molar-refractivity contribution >= 4 is 5.91 Å². The zero-order valence-electron chi connectivity index (χ0n) is 12.2. The highest BCUT2D eigenvalue weighted by Gasteiger charge is 2.21. The standard InChI is InChI=1S/C17H22N2O/c1-13-3-4-15-12-16(6-5-14(15)11-13)17(20)19-9-7-18(2)8-10-19/h5-6,12H,1,3-4,7-11H2,2H3. The summed E-state index contributed by atoms with van der Waals surface area (Å²) >= 11 is 0. The average molecular weight is 270 g/mol. The molecule has 1 aliphatic heterocycles. The molecule has 1 amide bonds. The number of likely N-dealkylation sites (N-methyl/N-ethyl adjacent to an activating group) is 1. The van der Waals surface area contributed by atoms with Crippen LogP contribution in [0.15, 0.2) is 30.4 Å². The number of carbonyl (C=O) groups excluding carboxylic acids is 1. The number of piperazine rings is 1. The molecule has 0 bridgehead atoms. The predicted molar refractivity (Wildman–Crippen MR) is 81.0 cm³/mol. The highest BCUT2D eigenvalue weighted by molar-refractivity contribution is 5.94. The summed E-state index contributed by atoms with van der Waals surface area (Å²) in [6, 6.07) is 6.20. The monoisotopic (exact) mass is 270 g/mol. The number of nitrogens with zero attached hydrogens (tertiary/aromatic N) is 2. The van der Waals surface area contributed by atoms with E-state index in [9.17, 15) is 4.79 Å². The van der Waals surface area contributed by atoms with Gasteiger partial charge in [0, 0.05) is 31.7 Å². The number of carbonyl (C=O) groups is 1. The number of aryl methyl sites for hydroxylation is 1. The van der Waals surface area contributed by atoms with Crippen LogP contribution >= 0.6 is 0 Å². The van der Waals surface area contributed by atoms with E-state index in [1.165, 1.54) is 16.7 Å². The van der Waals surface area contributed by atoms with Crippen LogP contribution in [0.2, 0.25) is 0 Å². The van der Waals surface area contributed by atoms with Gasteiger partial charge >= 0.3 is 0 Å².